The zero-order chi connectivity index (χ0) is 20.8. The Bertz CT molecular complexity index is 987. The lowest BCUT2D eigenvalue weighted by molar-refractivity contribution is -0.120. The quantitative estimate of drug-likeness (QED) is 0.665. The van der Waals surface area contributed by atoms with Crippen molar-refractivity contribution in [3.63, 3.8) is 0 Å². The van der Waals surface area contributed by atoms with Gasteiger partial charge in [-0.3, -0.25) is 9.78 Å². The average molecular weight is 404 g/mol. The summed E-state index contributed by atoms with van der Waals surface area (Å²) in [5.74, 6) is 0.375. The molecule has 1 aliphatic carbocycles. The maximum absolute atomic E-state index is 13.7. The third-order valence-corrected chi connectivity index (χ3v) is 5.86. The predicted molar refractivity (Wildman–Crippen MR) is 113 cm³/mol. The summed E-state index contributed by atoms with van der Waals surface area (Å²) in [6.45, 7) is 0.640. The number of aromatic nitrogens is 3. The number of carbonyl (C=O) groups excluding carboxylic acids is 1. The van der Waals surface area contributed by atoms with Gasteiger partial charge in [0.1, 0.15) is 12.1 Å². The normalized spacial score (nSPS) is 18.7. The van der Waals surface area contributed by atoms with Crippen molar-refractivity contribution < 1.29 is 9.18 Å². The number of nitrogens with one attached hydrogen (secondary N) is 1. The van der Waals surface area contributed by atoms with E-state index in [0.29, 0.717) is 23.9 Å². The molecular weight excluding hydrogens is 379 g/mol. The summed E-state index contributed by atoms with van der Waals surface area (Å²) < 4.78 is 13.7. The molecule has 2 heterocycles. The minimum absolute atomic E-state index is 0.0816. The van der Waals surface area contributed by atoms with Crippen LogP contribution in [0.25, 0.3) is 11.1 Å². The minimum Gasteiger partial charge on any atom is -0.356 e. The SMILES string of the molecule is O=C(Cc1ccccc1F)NCC1CCC(c2ncncc2-c2ccncc2)CC1. The first kappa shape index (κ1) is 20.1. The second kappa shape index (κ2) is 9.57. The van der Waals surface area contributed by atoms with Gasteiger partial charge in [-0.05, 0) is 60.9 Å². The molecule has 0 atom stereocenters. The van der Waals surface area contributed by atoms with Gasteiger partial charge in [-0.1, -0.05) is 18.2 Å². The Morgan fingerprint density at radius 1 is 1.03 bits per heavy atom. The topological polar surface area (TPSA) is 67.8 Å². The number of rotatable bonds is 6. The first-order valence-electron chi connectivity index (χ1n) is 10.4. The van der Waals surface area contributed by atoms with Crippen molar-refractivity contribution in [2.75, 3.05) is 6.54 Å². The number of amides is 1. The molecule has 154 valence electrons. The zero-order valence-electron chi connectivity index (χ0n) is 16.8. The Labute approximate surface area is 175 Å². The van der Waals surface area contributed by atoms with Crippen LogP contribution in [0.5, 0.6) is 0 Å². The molecule has 3 aromatic rings. The van der Waals surface area contributed by atoms with E-state index in [1.54, 1.807) is 36.9 Å². The van der Waals surface area contributed by atoms with Gasteiger partial charge >= 0.3 is 0 Å². The number of hydrogen-bond acceptors (Lipinski definition) is 4. The third kappa shape index (κ3) is 4.87. The molecule has 0 radical (unpaired) electrons. The molecule has 1 amide bonds. The van der Waals surface area contributed by atoms with Gasteiger partial charge in [0, 0.05) is 36.6 Å². The summed E-state index contributed by atoms with van der Waals surface area (Å²) in [6.07, 6.45) is 11.3. The first-order chi connectivity index (χ1) is 14.7. The van der Waals surface area contributed by atoms with Gasteiger partial charge < -0.3 is 5.32 Å². The Balaban J connectivity index is 1.31. The fourth-order valence-corrected chi connectivity index (χ4v) is 4.19. The Hall–Kier alpha value is -3.15. The van der Waals surface area contributed by atoms with Crippen LogP contribution in [0.1, 0.15) is 42.9 Å². The molecule has 30 heavy (non-hydrogen) atoms. The highest BCUT2D eigenvalue weighted by molar-refractivity contribution is 5.78. The molecule has 0 bridgehead atoms. The lowest BCUT2D eigenvalue weighted by atomic mass is 9.79. The van der Waals surface area contributed by atoms with Crippen LogP contribution in [-0.4, -0.2) is 27.4 Å². The number of nitrogens with zero attached hydrogens (tertiary/aromatic N) is 3. The van der Waals surface area contributed by atoms with Crippen molar-refractivity contribution in [2.24, 2.45) is 5.92 Å². The molecule has 6 heteroatoms. The van der Waals surface area contributed by atoms with Crippen LogP contribution in [-0.2, 0) is 11.2 Å². The van der Waals surface area contributed by atoms with Crippen LogP contribution in [0.4, 0.5) is 4.39 Å². The van der Waals surface area contributed by atoms with E-state index in [-0.39, 0.29) is 18.1 Å². The number of pyridine rings is 1. The van der Waals surface area contributed by atoms with E-state index in [1.807, 2.05) is 18.3 Å². The standard InChI is InChI=1S/C24H25FN4O/c25-22-4-2-1-3-20(22)13-23(30)28-14-17-5-7-19(8-6-17)24-21(15-27-16-29-24)18-9-11-26-12-10-18/h1-4,9-12,15-17,19H,5-8,13-14H2,(H,28,30). The van der Waals surface area contributed by atoms with Crippen molar-refractivity contribution >= 4 is 5.91 Å². The smallest absolute Gasteiger partial charge is 0.224 e. The fourth-order valence-electron chi connectivity index (χ4n) is 4.19. The van der Waals surface area contributed by atoms with E-state index < -0.39 is 0 Å². The van der Waals surface area contributed by atoms with Crippen LogP contribution in [0, 0.1) is 11.7 Å². The molecule has 1 fully saturated rings. The second-order valence-corrected chi connectivity index (χ2v) is 7.85. The maximum Gasteiger partial charge on any atom is 0.224 e. The molecule has 0 aliphatic heterocycles. The van der Waals surface area contributed by atoms with Crippen molar-refractivity contribution in [3.05, 3.63) is 78.4 Å². The highest BCUT2D eigenvalue weighted by Crippen LogP contribution is 2.38. The van der Waals surface area contributed by atoms with E-state index in [4.69, 9.17) is 0 Å². The Kier molecular flexibility index (Phi) is 6.42. The summed E-state index contributed by atoms with van der Waals surface area (Å²) >= 11 is 0. The Morgan fingerprint density at radius 3 is 2.57 bits per heavy atom. The summed E-state index contributed by atoms with van der Waals surface area (Å²) in [5, 5.41) is 2.98. The van der Waals surface area contributed by atoms with Crippen LogP contribution in [0.3, 0.4) is 0 Å². The van der Waals surface area contributed by atoms with Crippen LogP contribution in [0.2, 0.25) is 0 Å². The van der Waals surface area contributed by atoms with Crippen LogP contribution >= 0.6 is 0 Å². The summed E-state index contributed by atoms with van der Waals surface area (Å²) in [5.41, 5.74) is 3.69. The molecule has 5 nitrogen and oxygen atoms in total. The fraction of sp³-hybridized carbons (Fsp3) is 0.333. The molecule has 1 aromatic carbocycles. The molecular formula is C24H25FN4O. The minimum atomic E-state index is -0.331. The molecule has 2 aromatic heterocycles. The largest absolute Gasteiger partial charge is 0.356 e. The van der Waals surface area contributed by atoms with E-state index in [2.05, 4.69) is 20.3 Å². The summed E-state index contributed by atoms with van der Waals surface area (Å²) in [4.78, 5) is 25.1. The molecule has 1 aliphatic rings. The molecule has 4 rings (SSSR count). The van der Waals surface area contributed by atoms with Gasteiger partial charge in [0.25, 0.3) is 0 Å². The third-order valence-electron chi connectivity index (χ3n) is 5.86. The molecule has 1 saturated carbocycles. The first-order valence-corrected chi connectivity index (χ1v) is 10.4. The summed E-state index contributed by atoms with van der Waals surface area (Å²) in [6, 6.07) is 10.4. The van der Waals surface area contributed by atoms with Crippen LogP contribution < -0.4 is 5.32 Å². The predicted octanol–water partition coefficient (Wildman–Crippen LogP) is 4.31. The maximum atomic E-state index is 13.7. The van der Waals surface area contributed by atoms with Crippen molar-refractivity contribution in [2.45, 2.75) is 38.0 Å². The molecule has 0 saturated heterocycles. The van der Waals surface area contributed by atoms with Gasteiger partial charge in [0.15, 0.2) is 0 Å². The Morgan fingerprint density at radius 2 is 1.80 bits per heavy atom. The summed E-state index contributed by atoms with van der Waals surface area (Å²) in [7, 11) is 0. The second-order valence-electron chi connectivity index (χ2n) is 7.85. The van der Waals surface area contributed by atoms with E-state index in [1.165, 1.54) is 6.07 Å². The number of hydrogen-bond donors (Lipinski definition) is 1. The van der Waals surface area contributed by atoms with Crippen molar-refractivity contribution in [3.8, 4) is 11.1 Å². The lowest BCUT2D eigenvalue weighted by Gasteiger charge is -2.29. The van der Waals surface area contributed by atoms with Gasteiger partial charge in [-0.2, -0.15) is 0 Å². The number of halogens is 1. The van der Waals surface area contributed by atoms with Gasteiger partial charge in [0.05, 0.1) is 12.1 Å². The molecule has 0 spiro atoms. The number of carbonyl (C=O) groups is 1. The lowest BCUT2D eigenvalue weighted by Crippen LogP contribution is -2.32. The van der Waals surface area contributed by atoms with E-state index >= 15 is 0 Å². The average Bonchev–Trinajstić information content (AvgIpc) is 2.80. The van der Waals surface area contributed by atoms with Crippen LogP contribution in [0.15, 0.2) is 61.3 Å². The van der Waals surface area contributed by atoms with Gasteiger partial charge in [-0.15, -0.1) is 0 Å². The highest BCUT2D eigenvalue weighted by Gasteiger charge is 2.25. The van der Waals surface area contributed by atoms with Crippen molar-refractivity contribution in [1.82, 2.24) is 20.3 Å². The monoisotopic (exact) mass is 404 g/mol. The van der Waals surface area contributed by atoms with Gasteiger partial charge in [0.2, 0.25) is 5.91 Å². The van der Waals surface area contributed by atoms with E-state index in [9.17, 15) is 9.18 Å². The van der Waals surface area contributed by atoms with Crippen molar-refractivity contribution in [1.29, 1.82) is 0 Å². The zero-order valence-corrected chi connectivity index (χ0v) is 16.8. The molecule has 0 unspecified atom stereocenters. The van der Waals surface area contributed by atoms with E-state index in [0.717, 1.165) is 42.5 Å². The number of benzene rings is 1. The molecule has 1 N–H and O–H groups in total. The van der Waals surface area contributed by atoms with Gasteiger partial charge in [-0.25, -0.2) is 14.4 Å². The highest BCUT2D eigenvalue weighted by atomic mass is 19.1.